The monoisotopic (exact) mass is 395 g/mol. The molecule has 1 heterocycles. The molecule has 0 bridgehead atoms. The van der Waals surface area contributed by atoms with E-state index in [0.717, 1.165) is 0 Å². The second-order valence-corrected chi connectivity index (χ2v) is 6.41. The minimum Gasteiger partial charge on any atom is -0.422 e. The lowest BCUT2D eigenvalue weighted by molar-refractivity contribution is 0.0712. The molecule has 0 aromatic heterocycles. The first-order valence-corrected chi connectivity index (χ1v) is 8.94. The first kappa shape index (κ1) is 18.8. The zero-order chi connectivity index (χ0) is 21.1. The predicted octanol–water partition coefficient (Wildman–Crippen LogP) is 4.26. The molecule has 144 valence electrons. The number of ether oxygens (including phenoxy) is 2. The molecule has 0 saturated carbocycles. The summed E-state index contributed by atoms with van der Waals surface area (Å²) in [6.45, 7) is 0. The molecule has 0 N–H and O–H groups in total. The van der Waals surface area contributed by atoms with Crippen molar-refractivity contribution in [1.82, 2.24) is 0 Å². The van der Waals surface area contributed by atoms with Crippen LogP contribution in [0.3, 0.4) is 0 Å². The quantitative estimate of drug-likeness (QED) is 0.372. The van der Waals surface area contributed by atoms with Gasteiger partial charge in [0.1, 0.15) is 17.6 Å². The van der Waals surface area contributed by atoms with E-state index >= 15 is 0 Å². The van der Waals surface area contributed by atoms with Gasteiger partial charge in [-0.1, -0.05) is 42.5 Å². The molecule has 0 fully saturated rings. The lowest BCUT2D eigenvalue weighted by Gasteiger charge is -2.08. The summed E-state index contributed by atoms with van der Waals surface area (Å²) in [5.74, 6) is -0.728. The van der Waals surface area contributed by atoms with Gasteiger partial charge in [-0.15, -0.1) is 0 Å². The normalized spacial score (nSPS) is 13.3. The molecular formula is C24H13NO5. The number of cyclic esters (lactones) is 1. The van der Waals surface area contributed by atoms with Crippen molar-refractivity contribution in [1.29, 1.82) is 5.26 Å². The Labute approximate surface area is 171 Å². The van der Waals surface area contributed by atoms with Crippen molar-refractivity contribution >= 4 is 30.1 Å². The molecule has 0 amide bonds. The SMILES string of the molecule is N#Cc1cc(C=C2OC(=O)c3ccccc32)ccc1OC(=O)c1ccccc1C=O. The van der Waals surface area contributed by atoms with E-state index in [1.165, 1.54) is 24.3 Å². The Morgan fingerprint density at radius 2 is 1.73 bits per heavy atom. The molecule has 1 aliphatic heterocycles. The number of benzene rings is 3. The van der Waals surface area contributed by atoms with Gasteiger partial charge in [0, 0.05) is 11.1 Å². The fourth-order valence-electron chi connectivity index (χ4n) is 3.10. The van der Waals surface area contributed by atoms with E-state index in [0.29, 0.717) is 28.7 Å². The van der Waals surface area contributed by atoms with E-state index in [9.17, 15) is 19.6 Å². The molecule has 0 aliphatic carbocycles. The van der Waals surface area contributed by atoms with Gasteiger partial charge in [-0.25, -0.2) is 9.59 Å². The maximum absolute atomic E-state index is 12.4. The number of nitriles is 1. The summed E-state index contributed by atoms with van der Waals surface area (Å²) in [6, 6.07) is 19.9. The lowest BCUT2D eigenvalue weighted by Crippen LogP contribution is -2.12. The average molecular weight is 395 g/mol. The van der Waals surface area contributed by atoms with Crippen LogP contribution in [0, 0.1) is 11.3 Å². The molecule has 0 spiro atoms. The molecule has 3 aromatic rings. The number of rotatable bonds is 4. The number of hydrogen-bond donors (Lipinski definition) is 0. The van der Waals surface area contributed by atoms with Crippen LogP contribution in [-0.2, 0) is 4.74 Å². The number of aldehydes is 1. The molecule has 30 heavy (non-hydrogen) atoms. The van der Waals surface area contributed by atoms with Crippen LogP contribution < -0.4 is 4.74 Å². The molecule has 6 heteroatoms. The number of hydrogen-bond acceptors (Lipinski definition) is 6. The molecule has 4 rings (SSSR count). The largest absolute Gasteiger partial charge is 0.422 e. The van der Waals surface area contributed by atoms with Crippen molar-refractivity contribution in [2.75, 3.05) is 0 Å². The van der Waals surface area contributed by atoms with Crippen molar-refractivity contribution in [3.63, 3.8) is 0 Å². The van der Waals surface area contributed by atoms with Gasteiger partial charge in [0.25, 0.3) is 0 Å². The number of carbonyl (C=O) groups is 3. The Balaban J connectivity index is 1.63. The van der Waals surface area contributed by atoms with Crippen LogP contribution in [0.2, 0.25) is 0 Å². The minimum atomic E-state index is -0.737. The van der Waals surface area contributed by atoms with E-state index in [1.807, 2.05) is 6.07 Å². The van der Waals surface area contributed by atoms with Crippen molar-refractivity contribution in [2.45, 2.75) is 0 Å². The van der Waals surface area contributed by atoms with Crippen LogP contribution >= 0.6 is 0 Å². The average Bonchev–Trinajstić information content (AvgIpc) is 3.10. The van der Waals surface area contributed by atoms with Gasteiger partial charge < -0.3 is 9.47 Å². The molecule has 0 unspecified atom stereocenters. The highest BCUT2D eigenvalue weighted by molar-refractivity contribution is 6.05. The predicted molar refractivity (Wildman–Crippen MR) is 108 cm³/mol. The van der Waals surface area contributed by atoms with Crippen molar-refractivity contribution in [3.8, 4) is 11.8 Å². The molecule has 3 aromatic carbocycles. The third-order valence-corrected chi connectivity index (χ3v) is 4.55. The van der Waals surface area contributed by atoms with Crippen LogP contribution in [0.5, 0.6) is 5.75 Å². The molecule has 1 aliphatic rings. The second-order valence-electron chi connectivity index (χ2n) is 6.41. The molecule has 0 radical (unpaired) electrons. The van der Waals surface area contributed by atoms with Crippen molar-refractivity contribution in [3.05, 3.63) is 100 Å². The van der Waals surface area contributed by atoms with Crippen LogP contribution in [0.1, 0.15) is 47.8 Å². The fraction of sp³-hybridized carbons (Fsp3) is 0. The van der Waals surface area contributed by atoms with E-state index in [4.69, 9.17) is 9.47 Å². The zero-order valence-corrected chi connectivity index (χ0v) is 15.5. The number of esters is 2. The Morgan fingerprint density at radius 1 is 1.00 bits per heavy atom. The lowest BCUT2D eigenvalue weighted by atomic mass is 10.1. The van der Waals surface area contributed by atoms with E-state index < -0.39 is 11.9 Å². The van der Waals surface area contributed by atoms with Crippen LogP contribution in [0.4, 0.5) is 0 Å². The zero-order valence-electron chi connectivity index (χ0n) is 15.5. The third-order valence-electron chi connectivity index (χ3n) is 4.55. The van der Waals surface area contributed by atoms with Crippen molar-refractivity contribution < 1.29 is 23.9 Å². The van der Waals surface area contributed by atoms with E-state index in [-0.39, 0.29) is 22.4 Å². The summed E-state index contributed by atoms with van der Waals surface area (Å²) in [5.41, 5.74) is 2.17. The summed E-state index contributed by atoms with van der Waals surface area (Å²) < 4.78 is 10.6. The van der Waals surface area contributed by atoms with E-state index in [1.54, 1.807) is 48.5 Å². The molecular weight excluding hydrogens is 382 g/mol. The standard InChI is InChI=1S/C24H13NO5/c25-13-17-11-15(12-22-19-7-3-4-8-20(19)24(28)30-22)9-10-21(17)29-23(27)18-6-2-1-5-16(18)14-26/h1-12,14H. The van der Waals surface area contributed by atoms with Crippen LogP contribution in [0.15, 0.2) is 66.7 Å². The van der Waals surface area contributed by atoms with Gasteiger partial charge in [0.05, 0.1) is 16.7 Å². The summed E-state index contributed by atoms with van der Waals surface area (Å²) in [6.07, 6.45) is 2.20. The number of nitrogens with zero attached hydrogens (tertiary/aromatic N) is 1. The van der Waals surface area contributed by atoms with Gasteiger partial charge >= 0.3 is 11.9 Å². The maximum atomic E-state index is 12.4. The highest BCUT2D eigenvalue weighted by Crippen LogP contribution is 2.32. The smallest absolute Gasteiger partial charge is 0.344 e. The van der Waals surface area contributed by atoms with Crippen molar-refractivity contribution in [2.24, 2.45) is 0 Å². The topological polar surface area (TPSA) is 93.5 Å². The fourth-order valence-corrected chi connectivity index (χ4v) is 3.10. The Bertz CT molecular complexity index is 1270. The van der Waals surface area contributed by atoms with Gasteiger partial charge in [0.2, 0.25) is 0 Å². The van der Waals surface area contributed by atoms with Crippen LogP contribution in [-0.4, -0.2) is 18.2 Å². The molecule has 0 atom stereocenters. The summed E-state index contributed by atoms with van der Waals surface area (Å²) >= 11 is 0. The number of carbonyl (C=O) groups excluding carboxylic acids is 3. The maximum Gasteiger partial charge on any atom is 0.344 e. The first-order valence-electron chi connectivity index (χ1n) is 8.94. The van der Waals surface area contributed by atoms with E-state index in [2.05, 4.69) is 0 Å². The molecule has 0 saturated heterocycles. The highest BCUT2D eigenvalue weighted by Gasteiger charge is 2.25. The minimum absolute atomic E-state index is 0.0640. The van der Waals surface area contributed by atoms with Gasteiger partial charge in [-0.3, -0.25) is 4.79 Å². The first-order chi connectivity index (χ1) is 14.6. The van der Waals surface area contributed by atoms with Gasteiger partial charge in [-0.05, 0) is 35.9 Å². The summed E-state index contributed by atoms with van der Waals surface area (Å²) in [4.78, 5) is 35.5. The molecule has 6 nitrogen and oxygen atoms in total. The number of fused-ring (bicyclic) bond motifs is 1. The van der Waals surface area contributed by atoms with Gasteiger partial charge in [0.15, 0.2) is 6.29 Å². The second kappa shape index (κ2) is 7.86. The summed E-state index contributed by atoms with van der Waals surface area (Å²) in [5, 5.41) is 9.48. The Morgan fingerprint density at radius 3 is 2.50 bits per heavy atom. The Hall–Kier alpha value is -4.50. The summed E-state index contributed by atoms with van der Waals surface area (Å²) in [7, 11) is 0. The highest BCUT2D eigenvalue weighted by atomic mass is 16.5. The Kier molecular flexibility index (Phi) is 4.93. The van der Waals surface area contributed by atoms with Gasteiger partial charge in [-0.2, -0.15) is 5.26 Å². The van der Waals surface area contributed by atoms with Crippen LogP contribution in [0.25, 0.3) is 11.8 Å². The third kappa shape index (κ3) is 3.48.